The number of halogens is 1. The molecule has 0 saturated heterocycles. The van der Waals surface area contributed by atoms with E-state index in [0.717, 1.165) is 11.1 Å². The molecule has 0 N–H and O–H groups in total. The average Bonchev–Trinajstić information content (AvgIpc) is 2.20. The molecule has 0 aliphatic rings. The molecule has 1 rings (SSSR count). The van der Waals surface area contributed by atoms with Gasteiger partial charge in [-0.25, -0.2) is 4.39 Å². The van der Waals surface area contributed by atoms with Crippen LogP contribution in [0.15, 0.2) is 6.07 Å². The van der Waals surface area contributed by atoms with Crippen LogP contribution >= 0.6 is 0 Å². The maximum Gasteiger partial charge on any atom is 0.146 e. The predicted molar refractivity (Wildman–Crippen MR) is 57.3 cm³/mol. The van der Waals surface area contributed by atoms with Gasteiger partial charge in [-0.05, 0) is 43.0 Å². The fourth-order valence-corrected chi connectivity index (χ4v) is 1.65. The molecular formula is C12H17FO2. The topological polar surface area (TPSA) is 18.5 Å². The molecule has 84 valence electrons. The standard InChI is InChI=1S/C12H17FO2/c1-8-5-9(2)12(13)10(3)11(8)6-15-7-14-4/h5H,6-7H2,1-4H3. The molecule has 0 aliphatic carbocycles. The minimum Gasteiger partial charge on any atom is -0.359 e. The zero-order valence-electron chi connectivity index (χ0n) is 9.69. The highest BCUT2D eigenvalue weighted by Gasteiger charge is 2.10. The first kappa shape index (κ1) is 12.1. The molecule has 1 aromatic carbocycles. The lowest BCUT2D eigenvalue weighted by atomic mass is 10.00. The van der Waals surface area contributed by atoms with Crippen molar-refractivity contribution in [3.8, 4) is 0 Å². The molecule has 0 amide bonds. The first-order valence-electron chi connectivity index (χ1n) is 4.89. The number of hydrogen-bond donors (Lipinski definition) is 0. The number of hydrogen-bond acceptors (Lipinski definition) is 2. The van der Waals surface area contributed by atoms with E-state index in [-0.39, 0.29) is 12.6 Å². The Balaban J connectivity index is 2.92. The summed E-state index contributed by atoms with van der Waals surface area (Å²) < 4.78 is 23.6. The van der Waals surface area contributed by atoms with Crippen molar-refractivity contribution in [1.29, 1.82) is 0 Å². The van der Waals surface area contributed by atoms with Crippen LogP contribution in [0.1, 0.15) is 22.3 Å². The lowest BCUT2D eigenvalue weighted by Crippen LogP contribution is -2.04. The van der Waals surface area contributed by atoms with Gasteiger partial charge in [-0.1, -0.05) is 6.07 Å². The highest BCUT2D eigenvalue weighted by Crippen LogP contribution is 2.21. The highest BCUT2D eigenvalue weighted by molar-refractivity contribution is 5.38. The van der Waals surface area contributed by atoms with Gasteiger partial charge in [-0.3, -0.25) is 0 Å². The van der Waals surface area contributed by atoms with Crippen molar-refractivity contribution in [2.75, 3.05) is 13.9 Å². The van der Waals surface area contributed by atoms with Crippen LogP contribution < -0.4 is 0 Å². The number of ether oxygens (including phenoxy) is 2. The van der Waals surface area contributed by atoms with Gasteiger partial charge in [0.15, 0.2) is 0 Å². The second kappa shape index (κ2) is 5.24. The Morgan fingerprint density at radius 3 is 2.47 bits per heavy atom. The molecule has 0 bridgehead atoms. The predicted octanol–water partition coefficient (Wildman–Crippen LogP) is 2.87. The summed E-state index contributed by atoms with van der Waals surface area (Å²) >= 11 is 0. The van der Waals surface area contributed by atoms with Crippen LogP contribution in [0.2, 0.25) is 0 Å². The van der Waals surface area contributed by atoms with Gasteiger partial charge in [0.2, 0.25) is 0 Å². The SMILES string of the molecule is COCOCc1c(C)cc(C)c(F)c1C. The maximum absolute atomic E-state index is 13.6. The van der Waals surface area contributed by atoms with Gasteiger partial charge in [-0.15, -0.1) is 0 Å². The van der Waals surface area contributed by atoms with E-state index in [0.29, 0.717) is 17.7 Å². The van der Waals surface area contributed by atoms with Crippen molar-refractivity contribution >= 4 is 0 Å². The molecular weight excluding hydrogens is 195 g/mol. The van der Waals surface area contributed by atoms with E-state index in [1.807, 2.05) is 13.0 Å². The molecule has 15 heavy (non-hydrogen) atoms. The summed E-state index contributed by atoms with van der Waals surface area (Å²) in [4.78, 5) is 0. The Morgan fingerprint density at radius 1 is 1.20 bits per heavy atom. The zero-order chi connectivity index (χ0) is 11.4. The Kier molecular flexibility index (Phi) is 4.24. The summed E-state index contributed by atoms with van der Waals surface area (Å²) in [5.74, 6) is -0.142. The molecule has 0 fully saturated rings. The lowest BCUT2D eigenvalue weighted by Gasteiger charge is -2.12. The number of methoxy groups -OCH3 is 1. The van der Waals surface area contributed by atoms with Gasteiger partial charge < -0.3 is 9.47 Å². The number of benzene rings is 1. The first-order valence-corrected chi connectivity index (χ1v) is 4.89. The summed E-state index contributed by atoms with van der Waals surface area (Å²) in [6.45, 7) is 6.14. The van der Waals surface area contributed by atoms with Crippen molar-refractivity contribution in [3.05, 3.63) is 34.1 Å². The van der Waals surface area contributed by atoms with Crippen LogP contribution in [-0.2, 0) is 16.1 Å². The van der Waals surface area contributed by atoms with Crippen LogP contribution in [-0.4, -0.2) is 13.9 Å². The van der Waals surface area contributed by atoms with Crippen molar-refractivity contribution in [3.63, 3.8) is 0 Å². The van der Waals surface area contributed by atoms with Crippen LogP contribution in [0.25, 0.3) is 0 Å². The summed E-state index contributed by atoms with van der Waals surface area (Å²) in [5.41, 5.74) is 3.32. The third-order valence-electron chi connectivity index (χ3n) is 2.48. The lowest BCUT2D eigenvalue weighted by molar-refractivity contribution is -0.0394. The number of rotatable bonds is 4. The second-order valence-electron chi connectivity index (χ2n) is 3.68. The van der Waals surface area contributed by atoms with E-state index < -0.39 is 0 Å². The fourth-order valence-electron chi connectivity index (χ4n) is 1.65. The Labute approximate surface area is 90.0 Å². The maximum atomic E-state index is 13.6. The third kappa shape index (κ3) is 2.76. The van der Waals surface area contributed by atoms with Crippen molar-refractivity contribution in [1.82, 2.24) is 0 Å². The average molecular weight is 212 g/mol. The van der Waals surface area contributed by atoms with E-state index in [2.05, 4.69) is 0 Å². The van der Waals surface area contributed by atoms with Crippen molar-refractivity contribution in [2.24, 2.45) is 0 Å². The van der Waals surface area contributed by atoms with E-state index in [4.69, 9.17) is 9.47 Å². The summed E-state index contributed by atoms with van der Waals surface area (Å²) in [7, 11) is 1.56. The van der Waals surface area contributed by atoms with E-state index in [9.17, 15) is 4.39 Å². The Morgan fingerprint density at radius 2 is 1.87 bits per heavy atom. The minimum absolute atomic E-state index is 0.142. The molecule has 0 aromatic heterocycles. The van der Waals surface area contributed by atoms with Gasteiger partial charge in [-0.2, -0.15) is 0 Å². The normalized spacial score (nSPS) is 10.7. The van der Waals surface area contributed by atoms with Gasteiger partial charge in [0.05, 0.1) is 6.61 Å². The van der Waals surface area contributed by atoms with Crippen LogP contribution in [0.5, 0.6) is 0 Å². The minimum atomic E-state index is -0.142. The van der Waals surface area contributed by atoms with E-state index in [1.54, 1.807) is 21.0 Å². The Bertz CT molecular complexity index is 348. The van der Waals surface area contributed by atoms with Crippen LogP contribution in [0.3, 0.4) is 0 Å². The van der Waals surface area contributed by atoms with Crippen molar-refractivity contribution < 1.29 is 13.9 Å². The molecule has 2 nitrogen and oxygen atoms in total. The van der Waals surface area contributed by atoms with E-state index >= 15 is 0 Å². The summed E-state index contributed by atoms with van der Waals surface area (Å²) in [6, 6.07) is 1.84. The molecule has 0 heterocycles. The Hall–Kier alpha value is -0.930. The summed E-state index contributed by atoms with van der Waals surface area (Å²) in [6.07, 6.45) is 0. The van der Waals surface area contributed by atoms with Crippen LogP contribution in [0, 0.1) is 26.6 Å². The monoisotopic (exact) mass is 212 g/mol. The quantitative estimate of drug-likeness (QED) is 0.564. The molecule has 0 radical (unpaired) electrons. The third-order valence-corrected chi connectivity index (χ3v) is 2.48. The fraction of sp³-hybridized carbons (Fsp3) is 0.500. The summed E-state index contributed by atoms with van der Waals surface area (Å²) in [5, 5.41) is 0. The largest absolute Gasteiger partial charge is 0.359 e. The van der Waals surface area contributed by atoms with Gasteiger partial charge in [0.25, 0.3) is 0 Å². The first-order chi connectivity index (χ1) is 7.07. The molecule has 0 spiro atoms. The number of aryl methyl sites for hydroxylation is 2. The van der Waals surface area contributed by atoms with Gasteiger partial charge in [0, 0.05) is 7.11 Å². The molecule has 3 heteroatoms. The highest BCUT2D eigenvalue weighted by atomic mass is 19.1. The van der Waals surface area contributed by atoms with E-state index in [1.165, 1.54) is 0 Å². The smallest absolute Gasteiger partial charge is 0.146 e. The second-order valence-corrected chi connectivity index (χ2v) is 3.68. The van der Waals surface area contributed by atoms with Gasteiger partial charge >= 0.3 is 0 Å². The van der Waals surface area contributed by atoms with Gasteiger partial charge in [0.1, 0.15) is 12.6 Å². The van der Waals surface area contributed by atoms with Crippen LogP contribution in [0.4, 0.5) is 4.39 Å². The molecule has 0 aliphatic heterocycles. The molecule has 0 atom stereocenters. The zero-order valence-corrected chi connectivity index (χ0v) is 9.69. The molecule has 0 saturated carbocycles. The molecule has 0 unspecified atom stereocenters. The van der Waals surface area contributed by atoms with Crippen molar-refractivity contribution in [2.45, 2.75) is 27.4 Å². The molecule has 1 aromatic rings.